The molecule has 0 aliphatic heterocycles. The Morgan fingerprint density at radius 3 is 2.26 bits per heavy atom. The number of amides is 1. The summed E-state index contributed by atoms with van der Waals surface area (Å²) >= 11 is 0. The van der Waals surface area contributed by atoms with Gasteiger partial charge in [-0.25, -0.2) is 0 Å². The SMILES string of the molecule is CCCNC(CC(N)=O)C1CCC(C(C)(C)C)CC1. The van der Waals surface area contributed by atoms with Gasteiger partial charge in [-0.3, -0.25) is 4.79 Å². The quantitative estimate of drug-likeness (QED) is 0.778. The van der Waals surface area contributed by atoms with Gasteiger partial charge in [-0.15, -0.1) is 0 Å². The highest BCUT2D eigenvalue weighted by Crippen LogP contribution is 2.40. The molecule has 1 aliphatic rings. The average molecular weight is 268 g/mol. The zero-order chi connectivity index (χ0) is 14.5. The van der Waals surface area contributed by atoms with E-state index in [4.69, 9.17) is 5.73 Å². The van der Waals surface area contributed by atoms with Crippen molar-refractivity contribution in [3.63, 3.8) is 0 Å². The van der Waals surface area contributed by atoms with E-state index in [-0.39, 0.29) is 5.91 Å². The van der Waals surface area contributed by atoms with Crippen molar-refractivity contribution in [3.05, 3.63) is 0 Å². The molecule has 1 amide bonds. The van der Waals surface area contributed by atoms with Gasteiger partial charge in [0.2, 0.25) is 5.91 Å². The maximum absolute atomic E-state index is 11.2. The van der Waals surface area contributed by atoms with Crippen molar-refractivity contribution in [1.82, 2.24) is 5.32 Å². The van der Waals surface area contributed by atoms with Crippen LogP contribution in [0.15, 0.2) is 0 Å². The molecule has 3 N–H and O–H groups in total. The summed E-state index contributed by atoms with van der Waals surface area (Å²) in [5.74, 6) is 1.27. The van der Waals surface area contributed by atoms with Gasteiger partial charge in [0.25, 0.3) is 0 Å². The maximum Gasteiger partial charge on any atom is 0.218 e. The topological polar surface area (TPSA) is 55.1 Å². The van der Waals surface area contributed by atoms with E-state index >= 15 is 0 Å². The molecule has 0 bridgehead atoms. The van der Waals surface area contributed by atoms with Crippen LogP contribution in [0.1, 0.15) is 66.2 Å². The molecule has 3 heteroatoms. The van der Waals surface area contributed by atoms with Gasteiger partial charge in [-0.2, -0.15) is 0 Å². The summed E-state index contributed by atoms with van der Waals surface area (Å²) in [7, 11) is 0. The smallest absolute Gasteiger partial charge is 0.218 e. The Hall–Kier alpha value is -0.570. The fraction of sp³-hybridized carbons (Fsp3) is 0.938. The van der Waals surface area contributed by atoms with E-state index < -0.39 is 0 Å². The largest absolute Gasteiger partial charge is 0.370 e. The van der Waals surface area contributed by atoms with Crippen LogP contribution in [-0.2, 0) is 4.79 Å². The van der Waals surface area contributed by atoms with Gasteiger partial charge in [0.15, 0.2) is 0 Å². The summed E-state index contributed by atoms with van der Waals surface area (Å²) in [5, 5.41) is 3.52. The second kappa shape index (κ2) is 7.28. The molecule has 0 radical (unpaired) electrons. The molecule has 0 saturated heterocycles. The van der Waals surface area contributed by atoms with Crippen LogP contribution in [0.5, 0.6) is 0 Å². The number of hydrogen-bond acceptors (Lipinski definition) is 2. The summed E-state index contributed by atoms with van der Waals surface area (Å²) in [4.78, 5) is 11.2. The van der Waals surface area contributed by atoms with E-state index in [9.17, 15) is 4.79 Å². The highest BCUT2D eigenvalue weighted by Gasteiger charge is 2.33. The van der Waals surface area contributed by atoms with Crippen LogP contribution in [0.4, 0.5) is 0 Å². The van der Waals surface area contributed by atoms with Gasteiger partial charge in [0, 0.05) is 12.5 Å². The van der Waals surface area contributed by atoms with Gasteiger partial charge in [0.05, 0.1) is 0 Å². The molecule has 0 heterocycles. The van der Waals surface area contributed by atoms with Crippen LogP contribution in [-0.4, -0.2) is 18.5 Å². The third-order valence-electron chi connectivity index (χ3n) is 4.64. The Morgan fingerprint density at radius 2 is 1.84 bits per heavy atom. The molecule has 1 aliphatic carbocycles. The van der Waals surface area contributed by atoms with Crippen LogP contribution < -0.4 is 11.1 Å². The fourth-order valence-corrected chi connectivity index (χ4v) is 3.34. The molecular weight excluding hydrogens is 236 g/mol. The standard InChI is InChI=1S/C16H32N2O/c1-5-10-18-14(11-15(17)19)12-6-8-13(9-7-12)16(2,3)4/h12-14,18H,5-11H2,1-4H3,(H2,17,19). The Bertz CT molecular complexity index is 275. The van der Waals surface area contributed by atoms with E-state index in [1.165, 1.54) is 25.7 Å². The molecule has 0 spiro atoms. The monoisotopic (exact) mass is 268 g/mol. The van der Waals surface area contributed by atoms with E-state index in [0.29, 0.717) is 23.8 Å². The summed E-state index contributed by atoms with van der Waals surface area (Å²) < 4.78 is 0. The first-order valence-electron chi connectivity index (χ1n) is 7.86. The van der Waals surface area contributed by atoms with Gasteiger partial charge < -0.3 is 11.1 Å². The number of nitrogens with one attached hydrogen (secondary N) is 1. The second-order valence-electron chi connectivity index (χ2n) is 7.21. The lowest BCUT2D eigenvalue weighted by atomic mass is 9.68. The molecule has 1 atom stereocenters. The second-order valence-corrected chi connectivity index (χ2v) is 7.21. The Kier molecular flexibility index (Phi) is 6.31. The molecule has 0 aromatic rings. The maximum atomic E-state index is 11.2. The molecule has 1 saturated carbocycles. The number of carbonyl (C=O) groups excluding carboxylic acids is 1. The normalized spacial score (nSPS) is 26.1. The van der Waals surface area contributed by atoms with E-state index in [0.717, 1.165) is 18.9 Å². The zero-order valence-electron chi connectivity index (χ0n) is 13.2. The van der Waals surface area contributed by atoms with Crippen molar-refractivity contribution in [2.75, 3.05) is 6.54 Å². The van der Waals surface area contributed by atoms with Crippen LogP contribution >= 0.6 is 0 Å². The molecule has 1 unspecified atom stereocenters. The highest BCUT2D eigenvalue weighted by molar-refractivity contribution is 5.74. The first-order valence-corrected chi connectivity index (χ1v) is 7.86. The number of carbonyl (C=O) groups is 1. The molecule has 0 aromatic heterocycles. The molecule has 19 heavy (non-hydrogen) atoms. The van der Waals surface area contributed by atoms with Crippen molar-refractivity contribution in [1.29, 1.82) is 0 Å². The third kappa shape index (κ3) is 5.52. The minimum atomic E-state index is -0.174. The first-order chi connectivity index (χ1) is 8.84. The summed E-state index contributed by atoms with van der Waals surface area (Å²) in [6.45, 7) is 10.2. The lowest BCUT2D eigenvalue weighted by Crippen LogP contribution is -2.42. The van der Waals surface area contributed by atoms with Crippen molar-refractivity contribution < 1.29 is 4.79 Å². The molecule has 3 nitrogen and oxygen atoms in total. The summed E-state index contributed by atoms with van der Waals surface area (Å²) in [6, 6.07) is 0.290. The van der Waals surface area contributed by atoms with Gasteiger partial charge >= 0.3 is 0 Å². The Balaban J connectivity index is 2.51. The summed E-state index contributed by atoms with van der Waals surface area (Å²) in [6.07, 6.45) is 6.64. The van der Waals surface area contributed by atoms with E-state index in [2.05, 4.69) is 33.0 Å². The molecule has 1 rings (SSSR count). The van der Waals surface area contributed by atoms with Gasteiger partial charge in [-0.05, 0) is 55.9 Å². The van der Waals surface area contributed by atoms with Crippen LogP contribution in [0.2, 0.25) is 0 Å². The molecule has 0 aromatic carbocycles. The average Bonchev–Trinajstić information content (AvgIpc) is 2.33. The van der Waals surface area contributed by atoms with Crippen molar-refractivity contribution >= 4 is 5.91 Å². The van der Waals surface area contributed by atoms with Crippen molar-refractivity contribution in [2.45, 2.75) is 72.3 Å². The fourth-order valence-electron chi connectivity index (χ4n) is 3.34. The predicted molar refractivity (Wildman–Crippen MR) is 80.8 cm³/mol. The first kappa shape index (κ1) is 16.5. The number of nitrogens with two attached hydrogens (primary N) is 1. The van der Waals surface area contributed by atoms with Crippen molar-refractivity contribution in [3.8, 4) is 0 Å². The lowest BCUT2D eigenvalue weighted by Gasteiger charge is -2.39. The highest BCUT2D eigenvalue weighted by atomic mass is 16.1. The molecule has 1 fully saturated rings. The van der Waals surface area contributed by atoms with Crippen molar-refractivity contribution in [2.24, 2.45) is 23.0 Å². The van der Waals surface area contributed by atoms with Gasteiger partial charge in [-0.1, -0.05) is 27.7 Å². The van der Waals surface area contributed by atoms with E-state index in [1.54, 1.807) is 0 Å². The Morgan fingerprint density at radius 1 is 1.26 bits per heavy atom. The lowest BCUT2D eigenvalue weighted by molar-refractivity contribution is -0.118. The number of hydrogen-bond donors (Lipinski definition) is 2. The molecular formula is C16H32N2O. The number of primary amides is 1. The zero-order valence-corrected chi connectivity index (χ0v) is 13.2. The van der Waals surface area contributed by atoms with Crippen LogP contribution in [0, 0.1) is 17.3 Å². The number of rotatable bonds is 6. The van der Waals surface area contributed by atoms with E-state index in [1.807, 2.05) is 0 Å². The predicted octanol–water partition coefficient (Wildman–Crippen LogP) is 3.08. The molecule has 112 valence electrons. The Labute approximate surface area is 118 Å². The van der Waals surface area contributed by atoms with Crippen LogP contribution in [0.3, 0.4) is 0 Å². The summed E-state index contributed by atoms with van der Waals surface area (Å²) in [5.41, 5.74) is 5.81. The minimum Gasteiger partial charge on any atom is -0.370 e. The third-order valence-corrected chi connectivity index (χ3v) is 4.64. The van der Waals surface area contributed by atoms with Gasteiger partial charge in [0.1, 0.15) is 0 Å². The minimum absolute atomic E-state index is 0.174. The van der Waals surface area contributed by atoms with Crippen LogP contribution in [0.25, 0.3) is 0 Å².